The zero-order valence-electron chi connectivity index (χ0n) is 18.4. The molecule has 3 fully saturated rings. The molecular formula is C21H37Cl2N5O2. The molecule has 3 aliphatic rings. The van der Waals surface area contributed by atoms with Crippen LogP contribution in [0.2, 0.25) is 0 Å². The molecule has 0 atom stereocenters. The molecule has 172 valence electrons. The Labute approximate surface area is 192 Å². The van der Waals surface area contributed by atoms with E-state index >= 15 is 0 Å². The number of rotatable bonds is 3. The summed E-state index contributed by atoms with van der Waals surface area (Å²) in [5.74, 6) is 1.57. The minimum atomic E-state index is 0. The Morgan fingerprint density at radius 3 is 1.83 bits per heavy atom. The summed E-state index contributed by atoms with van der Waals surface area (Å²) in [6.45, 7) is 8.69. The van der Waals surface area contributed by atoms with Gasteiger partial charge < -0.3 is 27.5 Å². The molecule has 0 aliphatic carbocycles. The van der Waals surface area contributed by atoms with Crippen LogP contribution in [0.15, 0.2) is 12.4 Å². The van der Waals surface area contributed by atoms with Gasteiger partial charge in [-0.3, -0.25) is 9.59 Å². The van der Waals surface area contributed by atoms with Gasteiger partial charge in [0.05, 0.1) is 7.05 Å². The molecule has 2 amide bonds. The number of carbonyl (C=O) groups excluding carboxylic acids is 2. The monoisotopic (exact) mass is 461 g/mol. The Morgan fingerprint density at radius 1 is 0.967 bits per heavy atom. The van der Waals surface area contributed by atoms with Crippen molar-refractivity contribution in [1.82, 2.24) is 19.7 Å². The Bertz CT molecular complexity index is 630. The quantitative estimate of drug-likeness (QED) is 0.438. The number of alkyl halides is 1. The lowest BCUT2D eigenvalue weighted by molar-refractivity contribution is -0.677. The van der Waals surface area contributed by atoms with E-state index in [0.717, 1.165) is 57.7 Å². The highest BCUT2D eigenvalue weighted by Crippen LogP contribution is 2.09. The van der Waals surface area contributed by atoms with Crippen molar-refractivity contribution in [3.8, 4) is 0 Å². The van der Waals surface area contributed by atoms with Crippen LogP contribution >= 0.6 is 11.6 Å². The first-order valence-electron chi connectivity index (χ1n) is 10.9. The number of nitrogens with zero attached hydrogens (tertiary/aromatic N) is 4. The topological polar surface area (TPSA) is 61.5 Å². The molecule has 0 spiro atoms. The molecule has 1 aromatic rings. The Morgan fingerprint density at radius 2 is 1.47 bits per heavy atom. The molecule has 0 aromatic carbocycles. The summed E-state index contributed by atoms with van der Waals surface area (Å²) >= 11 is 5.34. The summed E-state index contributed by atoms with van der Waals surface area (Å²) in [4.78, 5) is 26.5. The highest BCUT2D eigenvalue weighted by Gasteiger charge is 2.21. The van der Waals surface area contributed by atoms with Crippen LogP contribution in [-0.4, -0.2) is 71.3 Å². The van der Waals surface area contributed by atoms with E-state index < -0.39 is 0 Å². The molecule has 9 heteroatoms. The van der Waals surface area contributed by atoms with E-state index in [2.05, 4.69) is 5.32 Å². The number of likely N-dealkylation sites (tertiary alicyclic amines) is 2. The number of aromatic nitrogens is 2. The number of carbonyl (C=O) groups is 2. The van der Waals surface area contributed by atoms with Crippen LogP contribution in [0.25, 0.3) is 0 Å². The molecule has 30 heavy (non-hydrogen) atoms. The largest absolute Gasteiger partial charge is 1.00 e. The van der Waals surface area contributed by atoms with Gasteiger partial charge in [0.25, 0.3) is 11.7 Å². The molecule has 0 unspecified atom stereocenters. The van der Waals surface area contributed by atoms with Gasteiger partial charge in [-0.25, -0.2) is 9.13 Å². The summed E-state index contributed by atoms with van der Waals surface area (Å²) in [5.41, 5.74) is 0. The minimum absolute atomic E-state index is 0. The number of imidazole rings is 1. The van der Waals surface area contributed by atoms with Crippen LogP contribution in [0.3, 0.4) is 0 Å². The summed E-state index contributed by atoms with van der Waals surface area (Å²) < 4.78 is 4.03. The minimum Gasteiger partial charge on any atom is -1.00 e. The smallest absolute Gasteiger partial charge is 0.264 e. The van der Waals surface area contributed by atoms with Gasteiger partial charge >= 0.3 is 0 Å². The second-order valence-electron chi connectivity index (χ2n) is 7.85. The zero-order chi connectivity index (χ0) is 21.1. The fraction of sp³-hybridized carbons (Fsp3) is 0.762. The first-order valence-corrected chi connectivity index (χ1v) is 11.4. The maximum absolute atomic E-state index is 11.9. The number of nitrogens with one attached hydrogen (secondary N) is 1. The van der Waals surface area contributed by atoms with Gasteiger partial charge in [0.2, 0.25) is 5.91 Å². The third-order valence-electron chi connectivity index (χ3n) is 5.69. The maximum atomic E-state index is 11.9. The second kappa shape index (κ2) is 14.7. The van der Waals surface area contributed by atoms with Gasteiger partial charge in [-0.1, -0.05) is 0 Å². The van der Waals surface area contributed by atoms with Crippen LogP contribution in [-0.2, 0) is 23.2 Å². The van der Waals surface area contributed by atoms with Crippen LogP contribution < -0.4 is 22.3 Å². The molecule has 1 aromatic heterocycles. The van der Waals surface area contributed by atoms with Crippen molar-refractivity contribution in [3.05, 3.63) is 18.2 Å². The SMILES string of the molecule is C1CCNC1.Cc1n(CC(=O)N2CCCC2)cc[n+]1C.O=C(CCl)N1CCCC1.[Cl-]. The second-order valence-corrected chi connectivity index (χ2v) is 8.12. The number of hydrogen-bond donors (Lipinski definition) is 1. The van der Waals surface area contributed by atoms with Gasteiger partial charge in [-0.15, -0.1) is 11.6 Å². The zero-order valence-corrected chi connectivity index (χ0v) is 19.9. The number of amides is 2. The highest BCUT2D eigenvalue weighted by molar-refractivity contribution is 6.27. The normalized spacial score (nSPS) is 17.6. The fourth-order valence-corrected chi connectivity index (χ4v) is 3.82. The predicted octanol–water partition coefficient (Wildman–Crippen LogP) is -1.54. The van der Waals surface area contributed by atoms with Crippen LogP contribution in [0.4, 0.5) is 0 Å². The molecule has 0 saturated carbocycles. The molecule has 7 nitrogen and oxygen atoms in total. The number of hydrogen-bond acceptors (Lipinski definition) is 3. The summed E-state index contributed by atoms with van der Waals surface area (Å²) in [6, 6.07) is 0. The van der Waals surface area contributed by atoms with E-state index in [9.17, 15) is 9.59 Å². The molecule has 4 heterocycles. The van der Waals surface area contributed by atoms with Crippen molar-refractivity contribution >= 4 is 23.4 Å². The maximum Gasteiger partial charge on any atom is 0.264 e. The third-order valence-corrected chi connectivity index (χ3v) is 5.92. The number of halogens is 2. The molecule has 0 radical (unpaired) electrons. The van der Waals surface area contributed by atoms with Crippen molar-refractivity contribution in [2.75, 3.05) is 45.1 Å². The molecular weight excluding hydrogens is 425 g/mol. The Hall–Kier alpha value is -1.31. The van der Waals surface area contributed by atoms with Crippen molar-refractivity contribution in [1.29, 1.82) is 0 Å². The lowest BCUT2D eigenvalue weighted by Gasteiger charge is -2.13. The van der Waals surface area contributed by atoms with E-state index in [4.69, 9.17) is 11.6 Å². The Kier molecular flexibility index (Phi) is 13.1. The predicted molar refractivity (Wildman–Crippen MR) is 115 cm³/mol. The third kappa shape index (κ3) is 8.82. The first-order chi connectivity index (χ1) is 14.0. The van der Waals surface area contributed by atoms with Crippen molar-refractivity contribution in [2.45, 2.75) is 52.0 Å². The first kappa shape index (κ1) is 26.7. The van der Waals surface area contributed by atoms with E-state index in [0.29, 0.717) is 6.54 Å². The van der Waals surface area contributed by atoms with Crippen molar-refractivity contribution in [3.63, 3.8) is 0 Å². The van der Waals surface area contributed by atoms with E-state index in [1.807, 2.05) is 45.3 Å². The van der Waals surface area contributed by atoms with Crippen LogP contribution in [0.5, 0.6) is 0 Å². The van der Waals surface area contributed by atoms with Gasteiger partial charge in [0.15, 0.2) is 6.54 Å². The van der Waals surface area contributed by atoms with Crippen LogP contribution in [0, 0.1) is 6.92 Å². The van der Waals surface area contributed by atoms with Gasteiger partial charge in [-0.2, -0.15) is 0 Å². The summed E-state index contributed by atoms with van der Waals surface area (Å²) in [7, 11) is 1.99. The molecule has 1 N–H and O–H groups in total. The lowest BCUT2D eigenvalue weighted by Crippen LogP contribution is -3.00. The lowest BCUT2D eigenvalue weighted by atomic mass is 10.4. The number of aryl methyl sites for hydroxylation is 1. The van der Waals surface area contributed by atoms with Gasteiger partial charge in [-0.05, 0) is 51.6 Å². The van der Waals surface area contributed by atoms with Gasteiger partial charge in [0.1, 0.15) is 18.3 Å². The van der Waals surface area contributed by atoms with Crippen molar-refractivity contribution in [2.24, 2.45) is 7.05 Å². The van der Waals surface area contributed by atoms with Gasteiger partial charge in [0, 0.05) is 33.1 Å². The van der Waals surface area contributed by atoms with E-state index in [1.54, 1.807) is 0 Å². The molecule has 4 rings (SSSR count). The standard InChI is InChI=1S/C11H18N3O.C6H10ClNO.C4H9N.ClH/c1-10-12(2)7-8-14(10)9-11(15)13-5-3-4-6-13;7-5-6(9)8-3-1-2-4-8;1-2-4-5-3-1;/h7-8H,3-6,9H2,1-2H3;1-5H2;5H,1-4H2;1H/q+1;;;/p-1. The fourth-order valence-electron chi connectivity index (χ4n) is 3.65. The Balaban J connectivity index is 0.000000254. The summed E-state index contributed by atoms with van der Waals surface area (Å²) in [6.07, 6.45) is 11.3. The molecule has 3 saturated heterocycles. The van der Waals surface area contributed by atoms with E-state index in [1.165, 1.54) is 25.9 Å². The highest BCUT2D eigenvalue weighted by atomic mass is 35.5. The molecule has 3 aliphatic heterocycles. The van der Waals surface area contributed by atoms with Crippen LogP contribution in [0.1, 0.15) is 44.3 Å². The molecule has 0 bridgehead atoms. The van der Waals surface area contributed by atoms with E-state index in [-0.39, 0.29) is 30.1 Å². The average molecular weight is 462 g/mol. The average Bonchev–Trinajstić information content (AvgIpc) is 3.54. The van der Waals surface area contributed by atoms with Crippen molar-refractivity contribution < 1.29 is 26.6 Å². The summed E-state index contributed by atoms with van der Waals surface area (Å²) in [5, 5.41) is 3.22.